The molecule has 0 aliphatic carbocycles. The van der Waals surface area contributed by atoms with E-state index in [0.29, 0.717) is 107 Å². The van der Waals surface area contributed by atoms with Gasteiger partial charge in [-0.1, -0.05) is 0 Å². The number of aromatic amines is 2. The van der Waals surface area contributed by atoms with Gasteiger partial charge >= 0.3 is 0 Å². The zero-order valence-corrected chi connectivity index (χ0v) is 34.2. The Kier molecular flexibility index (Phi) is 11.7. The molecule has 4 amide bonds. The third-order valence-electron chi connectivity index (χ3n) is 10.2. The number of aryl methyl sites for hydroxylation is 2. The fourth-order valence-corrected chi connectivity index (χ4v) is 8.25. The van der Waals surface area contributed by atoms with Crippen LogP contribution in [-0.2, 0) is 29.6 Å². The largest absolute Gasteiger partial charge is 0.358 e. The molecule has 0 saturated heterocycles. The highest BCUT2D eigenvalue weighted by Crippen LogP contribution is 2.37. The summed E-state index contributed by atoms with van der Waals surface area (Å²) in [5.74, 6) is -1.35. The molecule has 306 valence electrons. The molecular weight excluding hydrogens is 787 g/mol. The lowest BCUT2D eigenvalue weighted by Crippen LogP contribution is -2.31. The summed E-state index contributed by atoms with van der Waals surface area (Å²) in [6.07, 6.45) is 4.52. The number of nitrogens with zero attached hydrogens (tertiary/aromatic N) is 1. The molecule has 0 fully saturated rings. The second-order valence-electron chi connectivity index (χ2n) is 14.4. The highest BCUT2D eigenvalue weighted by Gasteiger charge is 2.29. The molecule has 19 heteroatoms. The third kappa shape index (κ3) is 8.67. The van der Waals surface area contributed by atoms with Crippen LogP contribution in [0.25, 0.3) is 23.3 Å². The first-order valence-corrected chi connectivity index (χ1v) is 21.4. The number of aromatic nitrogens is 2. The minimum absolute atomic E-state index is 0.119. The second-order valence-corrected chi connectivity index (χ2v) is 17.5. The fourth-order valence-electron chi connectivity index (χ4n) is 7.17. The van der Waals surface area contributed by atoms with Crippen LogP contribution in [0, 0.1) is 27.7 Å². The van der Waals surface area contributed by atoms with Gasteiger partial charge in [0.1, 0.15) is 0 Å². The summed E-state index contributed by atoms with van der Waals surface area (Å²) >= 11 is 0. The van der Waals surface area contributed by atoms with Gasteiger partial charge in [-0.05, 0) is 120 Å². The van der Waals surface area contributed by atoms with Crippen molar-refractivity contribution in [2.24, 2.45) is 10.3 Å². The molecule has 0 unspecified atom stereocenters. The minimum atomic E-state index is -3.98. The first kappa shape index (κ1) is 41.8. The molecule has 2 aliphatic rings. The van der Waals surface area contributed by atoms with E-state index in [2.05, 4.69) is 36.1 Å². The number of hydrogen-bond donors (Lipinski definition) is 8. The highest BCUT2D eigenvalue weighted by molar-refractivity contribution is 7.89. The number of carbonyl (C=O) groups excluding carboxylic acids is 4. The summed E-state index contributed by atoms with van der Waals surface area (Å²) in [5, 5.41) is 21.9. The van der Waals surface area contributed by atoms with Crippen molar-refractivity contribution in [3.63, 3.8) is 0 Å². The van der Waals surface area contributed by atoms with E-state index >= 15 is 0 Å². The van der Waals surface area contributed by atoms with Crippen molar-refractivity contribution < 1.29 is 36.0 Å². The van der Waals surface area contributed by atoms with Gasteiger partial charge in [0.15, 0.2) is 0 Å². The lowest BCUT2D eigenvalue weighted by molar-refractivity contribution is -0.111. The number of nitrogens with two attached hydrogens (primary N) is 2. The maximum atomic E-state index is 13.2. The lowest BCUT2D eigenvalue weighted by atomic mass is 10.0. The molecule has 4 heterocycles. The van der Waals surface area contributed by atoms with E-state index in [1.165, 1.54) is 36.4 Å². The first-order chi connectivity index (χ1) is 27.2. The van der Waals surface area contributed by atoms with Crippen molar-refractivity contribution in [3.05, 3.63) is 92.6 Å². The molecule has 4 aromatic rings. The molecule has 17 nitrogen and oxygen atoms in total. The van der Waals surface area contributed by atoms with Crippen LogP contribution in [0.15, 0.2) is 46.2 Å². The number of H-pyrrole nitrogens is 2. The number of benzene rings is 2. The average Bonchev–Trinajstić information content (AvgIpc) is 3.82. The fraction of sp³-hybridized carbons (Fsp3) is 0.282. The molecule has 0 radical (unpaired) electrons. The molecule has 0 saturated carbocycles. The van der Waals surface area contributed by atoms with Crippen LogP contribution in [0.4, 0.5) is 11.4 Å². The number of amides is 4. The smallest absolute Gasteiger partial charge is 0.256 e. The number of primary sulfonamides is 2. The van der Waals surface area contributed by atoms with Crippen molar-refractivity contribution in [1.29, 1.82) is 0 Å². The van der Waals surface area contributed by atoms with E-state index in [9.17, 15) is 36.0 Å². The molecule has 0 spiro atoms. The Balaban J connectivity index is 0.976. The number of hydrogen-bond acceptors (Lipinski definition) is 9. The van der Waals surface area contributed by atoms with Crippen LogP contribution >= 0.6 is 0 Å². The number of nitrogens with one attached hydrogen (secondary N) is 6. The number of sulfonamides is 2. The number of fused-ring (bicyclic) bond motifs is 2. The third-order valence-corrected chi connectivity index (χ3v) is 12.0. The van der Waals surface area contributed by atoms with Crippen molar-refractivity contribution >= 4 is 78.3 Å². The predicted octanol–water partition coefficient (Wildman–Crippen LogP) is 2.73. The maximum absolute atomic E-state index is 13.2. The number of anilines is 2. The van der Waals surface area contributed by atoms with Gasteiger partial charge in [-0.25, -0.2) is 27.1 Å². The van der Waals surface area contributed by atoms with Crippen LogP contribution in [0.1, 0.15) is 78.6 Å². The highest BCUT2D eigenvalue weighted by atomic mass is 32.2. The molecule has 10 N–H and O–H groups in total. The number of rotatable bonds is 14. The zero-order chi connectivity index (χ0) is 42.3. The van der Waals surface area contributed by atoms with Crippen molar-refractivity contribution in [2.45, 2.75) is 50.3 Å². The Morgan fingerprint density at radius 3 is 1.41 bits per heavy atom. The molecule has 2 aliphatic heterocycles. The minimum Gasteiger partial charge on any atom is -0.358 e. The Hall–Kier alpha value is -5.86. The zero-order valence-electron chi connectivity index (χ0n) is 32.5. The van der Waals surface area contributed by atoms with E-state index in [1.807, 2.05) is 7.05 Å². The Labute approximate surface area is 335 Å². The second kappa shape index (κ2) is 16.2. The van der Waals surface area contributed by atoms with E-state index in [4.69, 9.17) is 10.3 Å². The Bertz CT molecular complexity index is 2490. The SMILES string of the molecule is Cc1[nH]c(/C=C2\C(=O)Nc3ccc(S(N)(=O)=O)cc32)c(C)c1C(=O)NCCCN(C)CCCNC(=O)c1c(C)[nH]c(/C=C2/C(=O)Nc3ccc(S(N)(=O)=O)cc32)c1C. The molecule has 2 aromatic carbocycles. The summed E-state index contributed by atoms with van der Waals surface area (Å²) in [5.41, 5.74) is 6.68. The van der Waals surface area contributed by atoms with Crippen molar-refractivity contribution in [1.82, 2.24) is 25.5 Å². The van der Waals surface area contributed by atoms with Gasteiger partial charge in [0.2, 0.25) is 20.0 Å². The van der Waals surface area contributed by atoms with Gasteiger partial charge in [-0.3, -0.25) is 19.2 Å². The van der Waals surface area contributed by atoms with Gasteiger partial charge in [0.05, 0.1) is 32.1 Å². The van der Waals surface area contributed by atoms with Gasteiger partial charge in [0, 0.05) is 58.4 Å². The summed E-state index contributed by atoms with van der Waals surface area (Å²) in [7, 11) is -6.01. The topological polar surface area (TPSA) is 272 Å². The summed E-state index contributed by atoms with van der Waals surface area (Å²) in [4.78, 5) is 60.2. The van der Waals surface area contributed by atoms with Gasteiger partial charge in [-0.2, -0.15) is 0 Å². The summed E-state index contributed by atoms with van der Waals surface area (Å²) in [6.45, 7) is 9.27. The van der Waals surface area contributed by atoms with E-state index in [0.717, 1.165) is 0 Å². The normalized spacial score (nSPS) is 15.2. The quantitative estimate of drug-likeness (QED) is 0.0685. The van der Waals surface area contributed by atoms with Gasteiger partial charge in [0.25, 0.3) is 23.6 Å². The van der Waals surface area contributed by atoms with E-state index < -0.39 is 31.9 Å². The number of carbonyl (C=O) groups is 4. The molecule has 0 bridgehead atoms. The monoisotopic (exact) mass is 831 g/mol. The first-order valence-electron chi connectivity index (χ1n) is 18.3. The van der Waals surface area contributed by atoms with Gasteiger partial charge in [-0.15, -0.1) is 0 Å². The van der Waals surface area contributed by atoms with Crippen molar-refractivity contribution in [3.8, 4) is 0 Å². The lowest BCUT2D eigenvalue weighted by Gasteiger charge is -2.17. The van der Waals surface area contributed by atoms with Crippen LogP contribution in [0.3, 0.4) is 0 Å². The standard InChI is InChI=1S/C39H45N9O8S2/c1-20-32(18-28-26-16-24(57(40,53)54)8-10-30(26)46-36(28)49)44-22(3)34(20)38(51)42-12-6-14-48(5)15-7-13-43-39(52)35-21(2)33(45-23(35)4)19-29-27-17-25(58(41,55)56)9-11-31(27)47-37(29)50/h8-11,16-19,44-45H,6-7,12-15H2,1-5H3,(H,42,51)(H,43,52)(H,46,49)(H,47,50)(H2,40,53,54)(H2,41,55,56)/b28-18-,29-19+. The van der Waals surface area contributed by atoms with E-state index in [-0.39, 0.29) is 32.8 Å². The summed E-state index contributed by atoms with van der Waals surface area (Å²) in [6, 6.07) is 8.31. The molecule has 2 aromatic heterocycles. The van der Waals surface area contributed by atoms with Crippen LogP contribution in [-0.4, -0.2) is 88.6 Å². The Morgan fingerprint density at radius 2 is 1.05 bits per heavy atom. The molecule has 58 heavy (non-hydrogen) atoms. The van der Waals surface area contributed by atoms with E-state index in [1.54, 1.807) is 39.8 Å². The van der Waals surface area contributed by atoms with Crippen LogP contribution in [0.5, 0.6) is 0 Å². The van der Waals surface area contributed by atoms with Crippen LogP contribution in [0.2, 0.25) is 0 Å². The Morgan fingerprint density at radius 1 is 0.672 bits per heavy atom. The molecule has 6 rings (SSSR count). The van der Waals surface area contributed by atoms with Crippen LogP contribution < -0.4 is 31.5 Å². The maximum Gasteiger partial charge on any atom is 0.256 e. The van der Waals surface area contributed by atoms with Crippen molar-refractivity contribution in [2.75, 3.05) is 43.9 Å². The predicted molar refractivity (Wildman–Crippen MR) is 221 cm³/mol. The summed E-state index contributed by atoms with van der Waals surface area (Å²) < 4.78 is 47.6. The van der Waals surface area contributed by atoms with Gasteiger partial charge < -0.3 is 36.1 Å². The molecular formula is C39H45N9O8S2. The average molecular weight is 832 g/mol. The molecule has 0 atom stereocenters.